The fourth-order valence-electron chi connectivity index (χ4n) is 9.23. The molecule has 6 fully saturated rings. The summed E-state index contributed by atoms with van der Waals surface area (Å²) in [6, 6.07) is 0. The summed E-state index contributed by atoms with van der Waals surface area (Å²) in [5.74, 6) is -0.438. The van der Waals surface area contributed by atoms with Gasteiger partial charge in [-0.25, -0.2) is 0 Å². The first kappa shape index (κ1) is 23.2. The van der Waals surface area contributed by atoms with Gasteiger partial charge in [0, 0.05) is 30.1 Å². The summed E-state index contributed by atoms with van der Waals surface area (Å²) in [6.45, 7) is 16.2. The summed E-state index contributed by atoms with van der Waals surface area (Å²) in [7, 11) is 0. The van der Waals surface area contributed by atoms with Gasteiger partial charge in [0.1, 0.15) is 5.60 Å². The van der Waals surface area contributed by atoms with Crippen molar-refractivity contribution in [1.82, 2.24) is 0 Å². The molecular formula is C27H44O6. The highest BCUT2D eigenvalue weighted by molar-refractivity contribution is 5.24. The monoisotopic (exact) mass is 464 g/mol. The molecule has 0 aromatic heterocycles. The zero-order chi connectivity index (χ0) is 23.5. The maximum Gasteiger partial charge on any atom is 0.174 e. The first-order valence-electron chi connectivity index (χ1n) is 13.3. The van der Waals surface area contributed by atoms with Crippen LogP contribution in [-0.2, 0) is 23.7 Å². The Labute approximate surface area is 199 Å². The Morgan fingerprint density at radius 2 is 1.42 bits per heavy atom. The number of hydrogen-bond acceptors (Lipinski definition) is 6. The molecule has 3 spiro atoms. The third kappa shape index (κ3) is 2.77. The summed E-state index contributed by atoms with van der Waals surface area (Å²) < 4.78 is 31.5. The summed E-state index contributed by atoms with van der Waals surface area (Å²) in [5, 5.41) is 12.8. The van der Waals surface area contributed by atoms with Crippen LogP contribution in [0.15, 0.2) is 0 Å². The molecule has 3 saturated carbocycles. The van der Waals surface area contributed by atoms with E-state index in [1.54, 1.807) is 0 Å². The molecule has 3 saturated heterocycles. The van der Waals surface area contributed by atoms with Crippen LogP contribution in [0.4, 0.5) is 0 Å². The van der Waals surface area contributed by atoms with Crippen LogP contribution in [0, 0.1) is 28.1 Å². The van der Waals surface area contributed by atoms with Crippen LogP contribution in [-0.4, -0.2) is 60.4 Å². The standard InChI is InChI=1S/C27H44O6/c1-18-26(33-18)17-24(29-11-12-30-24)10-9-22(26,5)20-15-19-7-8-27(31-13-14-32-27)23(19,6)16-25(20,28)21(2,3)4/h18-20,28H,7-17H2,1-6H3. The average molecular weight is 465 g/mol. The quantitative estimate of drug-likeness (QED) is 0.579. The summed E-state index contributed by atoms with van der Waals surface area (Å²) in [6.07, 6.45) is 6.47. The van der Waals surface area contributed by atoms with Gasteiger partial charge >= 0.3 is 0 Å². The topological polar surface area (TPSA) is 69.7 Å². The van der Waals surface area contributed by atoms with Crippen molar-refractivity contribution < 1.29 is 28.8 Å². The molecule has 3 aliphatic heterocycles. The number of aliphatic hydroxyl groups is 1. The van der Waals surface area contributed by atoms with E-state index in [1.807, 2.05) is 0 Å². The lowest BCUT2D eigenvalue weighted by atomic mass is 9.43. The molecule has 1 N–H and O–H groups in total. The first-order valence-corrected chi connectivity index (χ1v) is 13.3. The maximum atomic E-state index is 12.8. The molecule has 188 valence electrons. The molecule has 6 heteroatoms. The molecule has 33 heavy (non-hydrogen) atoms. The van der Waals surface area contributed by atoms with Crippen molar-refractivity contribution in [3.8, 4) is 0 Å². The summed E-state index contributed by atoms with van der Waals surface area (Å²) >= 11 is 0. The fourth-order valence-corrected chi connectivity index (χ4v) is 9.23. The average Bonchev–Trinajstić information content (AvgIpc) is 3.17. The van der Waals surface area contributed by atoms with Gasteiger partial charge in [-0.05, 0) is 49.9 Å². The normalized spacial score (nSPS) is 52.6. The Morgan fingerprint density at radius 1 is 0.818 bits per heavy atom. The third-order valence-corrected chi connectivity index (χ3v) is 11.5. The van der Waals surface area contributed by atoms with Gasteiger partial charge in [0.05, 0.1) is 38.1 Å². The van der Waals surface area contributed by atoms with Gasteiger partial charge in [-0.3, -0.25) is 0 Å². The van der Waals surface area contributed by atoms with Crippen LogP contribution < -0.4 is 0 Å². The molecule has 6 rings (SSSR count). The Balaban J connectivity index is 1.41. The van der Waals surface area contributed by atoms with Crippen molar-refractivity contribution >= 4 is 0 Å². The number of hydrogen-bond donors (Lipinski definition) is 1. The fraction of sp³-hybridized carbons (Fsp3) is 1.00. The SMILES string of the molecule is CC1OC12CC1(CCC2(C)C2CC3CCC4(OCCO4)C3(C)CC2(O)C(C)(C)C)OCCO1. The lowest BCUT2D eigenvalue weighted by Gasteiger charge is -2.64. The molecule has 0 aromatic carbocycles. The Bertz CT molecular complexity index is 810. The van der Waals surface area contributed by atoms with Crippen molar-refractivity contribution in [2.24, 2.45) is 28.1 Å². The minimum absolute atomic E-state index is 0.128. The van der Waals surface area contributed by atoms with Crippen molar-refractivity contribution in [3.05, 3.63) is 0 Å². The number of rotatable bonds is 1. The van der Waals surface area contributed by atoms with E-state index in [0.29, 0.717) is 38.8 Å². The van der Waals surface area contributed by atoms with Gasteiger partial charge in [-0.2, -0.15) is 0 Å². The summed E-state index contributed by atoms with van der Waals surface area (Å²) in [5.41, 5.74) is -1.78. The highest BCUT2D eigenvalue weighted by atomic mass is 16.7. The maximum absolute atomic E-state index is 12.8. The van der Waals surface area contributed by atoms with Crippen molar-refractivity contribution in [2.45, 2.75) is 115 Å². The number of ether oxygens (including phenoxy) is 5. The molecule has 0 bridgehead atoms. The van der Waals surface area contributed by atoms with Crippen LogP contribution in [0.25, 0.3) is 0 Å². The van der Waals surface area contributed by atoms with Crippen LogP contribution >= 0.6 is 0 Å². The lowest BCUT2D eigenvalue weighted by molar-refractivity contribution is -0.291. The van der Waals surface area contributed by atoms with Gasteiger partial charge in [0.15, 0.2) is 11.6 Å². The van der Waals surface area contributed by atoms with Crippen LogP contribution in [0.2, 0.25) is 0 Å². The van der Waals surface area contributed by atoms with E-state index in [1.165, 1.54) is 0 Å². The predicted molar refractivity (Wildman–Crippen MR) is 122 cm³/mol. The Kier molecular flexibility index (Phi) is 4.74. The number of fused-ring (bicyclic) bond motifs is 2. The number of epoxide rings is 1. The minimum Gasteiger partial charge on any atom is -0.389 e. The van der Waals surface area contributed by atoms with Crippen molar-refractivity contribution in [2.75, 3.05) is 26.4 Å². The van der Waals surface area contributed by atoms with E-state index in [-0.39, 0.29) is 33.9 Å². The Hall–Kier alpha value is -0.240. The smallest absolute Gasteiger partial charge is 0.174 e. The predicted octanol–water partition coefficient (Wildman–Crippen LogP) is 4.42. The molecule has 0 radical (unpaired) electrons. The zero-order valence-electron chi connectivity index (χ0n) is 21.5. The van der Waals surface area contributed by atoms with Gasteiger partial charge in [-0.1, -0.05) is 34.6 Å². The van der Waals surface area contributed by atoms with Gasteiger partial charge < -0.3 is 28.8 Å². The molecule has 7 atom stereocenters. The van der Waals surface area contributed by atoms with E-state index in [9.17, 15) is 5.11 Å². The minimum atomic E-state index is -0.861. The van der Waals surface area contributed by atoms with Crippen molar-refractivity contribution in [1.29, 1.82) is 0 Å². The summed E-state index contributed by atoms with van der Waals surface area (Å²) in [4.78, 5) is 0. The van der Waals surface area contributed by atoms with E-state index in [2.05, 4.69) is 41.5 Å². The van der Waals surface area contributed by atoms with E-state index >= 15 is 0 Å². The first-order chi connectivity index (χ1) is 15.4. The highest BCUT2D eigenvalue weighted by Crippen LogP contribution is 2.73. The molecule has 0 amide bonds. The largest absolute Gasteiger partial charge is 0.389 e. The van der Waals surface area contributed by atoms with Crippen LogP contribution in [0.1, 0.15) is 86.5 Å². The van der Waals surface area contributed by atoms with Gasteiger partial charge in [-0.15, -0.1) is 0 Å². The van der Waals surface area contributed by atoms with E-state index in [0.717, 1.165) is 38.5 Å². The second kappa shape index (κ2) is 6.74. The molecule has 6 aliphatic rings. The molecule has 0 aromatic rings. The molecule has 3 aliphatic carbocycles. The molecule has 7 unspecified atom stereocenters. The van der Waals surface area contributed by atoms with E-state index in [4.69, 9.17) is 23.7 Å². The van der Waals surface area contributed by atoms with Gasteiger partial charge in [0.25, 0.3) is 0 Å². The molecule has 6 nitrogen and oxygen atoms in total. The van der Waals surface area contributed by atoms with Crippen molar-refractivity contribution in [3.63, 3.8) is 0 Å². The Morgan fingerprint density at radius 3 is 2.00 bits per heavy atom. The molecular weight excluding hydrogens is 420 g/mol. The zero-order valence-corrected chi connectivity index (χ0v) is 21.5. The van der Waals surface area contributed by atoms with Crippen LogP contribution in [0.5, 0.6) is 0 Å². The third-order valence-electron chi connectivity index (χ3n) is 11.5. The second-order valence-electron chi connectivity index (χ2n) is 13.6. The van der Waals surface area contributed by atoms with Gasteiger partial charge in [0.2, 0.25) is 0 Å². The second-order valence-corrected chi connectivity index (χ2v) is 13.6. The molecule has 3 heterocycles. The van der Waals surface area contributed by atoms with E-state index < -0.39 is 17.2 Å². The highest BCUT2D eigenvalue weighted by Gasteiger charge is 2.77. The lowest BCUT2D eigenvalue weighted by Crippen LogP contribution is -2.68. The van der Waals surface area contributed by atoms with Crippen LogP contribution in [0.3, 0.4) is 0 Å².